The number of carbonyl (C=O) groups is 1. The maximum Gasteiger partial charge on any atom is 0.223 e. The van der Waals surface area contributed by atoms with Crippen molar-refractivity contribution in [1.82, 2.24) is 5.32 Å². The molecule has 2 N–H and O–H groups in total. The second-order valence-corrected chi connectivity index (χ2v) is 6.26. The van der Waals surface area contributed by atoms with Gasteiger partial charge in [0.15, 0.2) is 0 Å². The third-order valence-corrected chi connectivity index (χ3v) is 4.52. The topological polar surface area (TPSA) is 58.6 Å². The van der Waals surface area contributed by atoms with E-state index in [1.807, 2.05) is 45.2 Å². The molecule has 0 spiro atoms. The summed E-state index contributed by atoms with van der Waals surface area (Å²) in [4.78, 5) is 11.8. The van der Waals surface area contributed by atoms with E-state index in [2.05, 4.69) is 5.32 Å². The van der Waals surface area contributed by atoms with Gasteiger partial charge in [-0.25, -0.2) is 0 Å². The summed E-state index contributed by atoms with van der Waals surface area (Å²) in [5, 5.41) is 12.1. The van der Waals surface area contributed by atoms with Crippen molar-refractivity contribution in [3.8, 4) is 5.75 Å². The average Bonchev–Trinajstić information content (AvgIpc) is 2.44. The summed E-state index contributed by atoms with van der Waals surface area (Å²) in [6, 6.07) is 5.97. The number of aliphatic hydroxyl groups is 1. The second-order valence-electron chi connectivity index (χ2n) is 5.18. The van der Waals surface area contributed by atoms with Gasteiger partial charge < -0.3 is 15.2 Å². The number of hydrogen-bond acceptors (Lipinski definition) is 4. The Bertz CT molecular complexity index is 461. The van der Waals surface area contributed by atoms with Gasteiger partial charge in [-0.1, -0.05) is 12.1 Å². The highest BCUT2D eigenvalue weighted by atomic mass is 32.2. The molecular weight excluding hydrogens is 286 g/mol. The zero-order valence-electron chi connectivity index (χ0n) is 13.2. The van der Waals surface area contributed by atoms with Crippen molar-refractivity contribution < 1.29 is 14.6 Å². The Hall–Kier alpha value is -1.20. The molecule has 5 heteroatoms. The Labute approximate surface area is 131 Å². The normalized spacial score (nSPS) is 13.6. The molecule has 0 aromatic heterocycles. The summed E-state index contributed by atoms with van der Waals surface area (Å²) in [6.45, 7) is 6.31. The van der Waals surface area contributed by atoms with Crippen molar-refractivity contribution in [2.24, 2.45) is 0 Å². The number of carbonyl (C=O) groups excluding carboxylic acids is 1. The molecule has 21 heavy (non-hydrogen) atoms. The Morgan fingerprint density at radius 3 is 2.76 bits per heavy atom. The number of hydrogen-bond donors (Lipinski definition) is 2. The smallest absolute Gasteiger partial charge is 0.223 e. The van der Waals surface area contributed by atoms with E-state index >= 15 is 0 Å². The Balaban J connectivity index is 2.38. The molecular formula is C16H25NO3S. The van der Waals surface area contributed by atoms with E-state index in [0.29, 0.717) is 13.0 Å². The summed E-state index contributed by atoms with van der Waals surface area (Å²) in [5.41, 5.74) is 2.21. The Kier molecular flexibility index (Phi) is 7.61. The van der Waals surface area contributed by atoms with Crippen LogP contribution in [0.4, 0.5) is 0 Å². The lowest BCUT2D eigenvalue weighted by Gasteiger charge is -2.21. The Morgan fingerprint density at radius 1 is 1.43 bits per heavy atom. The van der Waals surface area contributed by atoms with Crippen LogP contribution in [0.5, 0.6) is 5.75 Å². The van der Waals surface area contributed by atoms with E-state index in [4.69, 9.17) is 4.74 Å². The fraction of sp³-hybridized carbons (Fsp3) is 0.562. The molecule has 0 aliphatic heterocycles. The minimum atomic E-state index is -0.0572. The largest absolute Gasteiger partial charge is 0.493 e. The van der Waals surface area contributed by atoms with Gasteiger partial charge in [0.2, 0.25) is 5.91 Å². The molecule has 118 valence electrons. The summed E-state index contributed by atoms with van der Waals surface area (Å²) >= 11 is 1.55. The number of rotatable bonds is 8. The van der Waals surface area contributed by atoms with E-state index in [1.165, 1.54) is 0 Å². The first-order valence-electron chi connectivity index (χ1n) is 7.11. The molecule has 1 aromatic rings. The monoisotopic (exact) mass is 311 g/mol. The van der Waals surface area contributed by atoms with Gasteiger partial charge in [-0.05, 0) is 44.2 Å². The predicted octanol–water partition coefficient (Wildman–Crippen LogP) is 2.30. The van der Waals surface area contributed by atoms with Gasteiger partial charge in [-0.15, -0.1) is 0 Å². The van der Waals surface area contributed by atoms with Gasteiger partial charge in [0.25, 0.3) is 0 Å². The molecule has 2 atom stereocenters. The van der Waals surface area contributed by atoms with Gasteiger partial charge in [0, 0.05) is 11.3 Å². The molecule has 0 radical (unpaired) electrons. The second kappa shape index (κ2) is 8.95. The van der Waals surface area contributed by atoms with Crippen LogP contribution in [-0.4, -0.2) is 41.8 Å². The first kappa shape index (κ1) is 17.9. The maximum atomic E-state index is 11.8. The van der Waals surface area contributed by atoms with Gasteiger partial charge in [0.05, 0.1) is 19.6 Å². The van der Waals surface area contributed by atoms with Crippen LogP contribution in [0.3, 0.4) is 0 Å². The molecule has 4 nitrogen and oxygen atoms in total. The van der Waals surface area contributed by atoms with Crippen molar-refractivity contribution in [2.75, 3.05) is 19.5 Å². The number of aliphatic hydroxyl groups excluding tert-OH is 1. The van der Waals surface area contributed by atoms with Gasteiger partial charge in [-0.2, -0.15) is 11.8 Å². The van der Waals surface area contributed by atoms with E-state index in [0.717, 1.165) is 16.9 Å². The minimum absolute atomic E-state index is 0.0221. The number of aryl methyl sites for hydroxylation is 2. The maximum absolute atomic E-state index is 11.8. The molecule has 0 saturated heterocycles. The van der Waals surface area contributed by atoms with E-state index in [-0.39, 0.29) is 23.8 Å². The highest BCUT2D eigenvalue weighted by Crippen LogP contribution is 2.19. The van der Waals surface area contributed by atoms with Crippen molar-refractivity contribution in [3.05, 3.63) is 29.3 Å². The molecule has 0 saturated carbocycles. The van der Waals surface area contributed by atoms with Gasteiger partial charge in [0.1, 0.15) is 5.75 Å². The molecule has 0 bridgehead atoms. The molecule has 1 aromatic carbocycles. The van der Waals surface area contributed by atoms with E-state index < -0.39 is 0 Å². The summed E-state index contributed by atoms with van der Waals surface area (Å²) in [5.74, 6) is 0.772. The van der Waals surface area contributed by atoms with Crippen LogP contribution in [0, 0.1) is 13.8 Å². The summed E-state index contributed by atoms with van der Waals surface area (Å²) in [7, 11) is 0. The zero-order chi connectivity index (χ0) is 15.8. The average molecular weight is 311 g/mol. The third kappa shape index (κ3) is 5.98. The fourth-order valence-corrected chi connectivity index (χ4v) is 2.60. The van der Waals surface area contributed by atoms with Crippen LogP contribution >= 0.6 is 11.8 Å². The molecule has 1 amide bonds. The SMILES string of the molecule is CSC(CO)C(C)NC(=O)CCOc1cc(C)ccc1C. The summed E-state index contributed by atoms with van der Waals surface area (Å²) < 4.78 is 5.67. The lowest BCUT2D eigenvalue weighted by Crippen LogP contribution is -2.41. The molecule has 0 aliphatic rings. The van der Waals surface area contributed by atoms with E-state index in [9.17, 15) is 9.90 Å². The van der Waals surface area contributed by atoms with Crippen LogP contribution in [-0.2, 0) is 4.79 Å². The first-order chi connectivity index (χ1) is 9.97. The Morgan fingerprint density at radius 2 is 2.14 bits per heavy atom. The van der Waals surface area contributed by atoms with Crippen molar-refractivity contribution >= 4 is 17.7 Å². The van der Waals surface area contributed by atoms with Crippen LogP contribution in [0.15, 0.2) is 18.2 Å². The van der Waals surface area contributed by atoms with Crippen LogP contribution in [0.1, 0.15) is 24.5 Å². The van der Waals surface area contributed by atoms with Gasteiger partial charge in [-0.3, -0.25) is 4.79 Å². The molecule has 1 rings (SSSR count). The molecule has 0 fully saturated rings. The zero-order valence-corrected chi connectivity index (χ0v) is 14.0. The number of ether oxygens (including phenoxy) is 1. The number of amides is 1. The lowest BCUT2D eigenvalue weighted by atomic mass is 10.1. The summed E-state index contributed by atoms with van der Waals surface area (Å²) in [6.07, 6.45) is 2.23. The standard InChI is InChI=1S/C16H25NO3S/c1-11-5-6-12(2)14(9-11)20-8-7-16(19)17-13(3)15(10-18)21-4/h5-6,9,13,15,18H,7-8,10H2,1-4H3,(H,17,19). The highest BCUT2D eigenvalue weighted by Gasteiger charge is 2.17. The van der Waals surface area contributed by atoms with Crippen LogP contribution in [0.2, 0.25) is 0 Å². The predicted molar refractivity (Wildman–Crippen MR) is 88.0 cm³/mol. The highest BCUT2D eigenvalue weighted by molar-refractivity contribution is 7.99. The van der Waals surface area contributed by atoms with Gasteiger partial charge >= 0.3 is 0 Å². The first-order valence-corrected chi connectivity index (χ1v) is 8.39. The fourth-order valence-electron chi connectivity index (χ4n) is 1.97. The van der Waals surface area contributed by atoms with Crippen LogP contribution < -0.4 is 10.1 Å². The van der Waals surface area contributed by atoms with Crippen molar-refractivity contribution in [3.63, 3.8) is 0 Å². The van der Waals surface area contributed by atoms with E-state index in [1.54, 1.807) is 11.8 Å². The number of benzene rings is 1. The van der Waals surface area contributed by atoms with Crippen molar-refractivity contribution in [1.29, 1.82) is 0 Å². The minimum Gasteiger partial charge on any atom is -0.493 e. The quantitative estimate of drug-likeness (QED) is 0.773. The lowest BCUT2D eigenvalue weighted by molar-refractivity contribution is -0.122. The number of nitrogens with one attached hydrogen (secondary N) is 1. The third-order valence-electron chi connectivity index (χ3n) is 3.36. The molecule has 0 aliphatic carbocycles. The molecule has 0 heterocycles. The number of thioether (sulfide) groups is 1. The molecule has 2 unspecified atom stereocenters. The van der Waals surface area contributed by atoms with Crippen molar-refractivity contribution in [2.45, 2.75) is 38.5 Å². The van der Waals surface area contributed by atoms with Crippen LogP contribution in [0.25, 0.3) is 0 Å².